The molecule has 0 saturated heterocycles. The fourth-order valence-corrected chi connectivity index (χ4v) is 4.94. The van der Waals surface area contributed by atoms with Gasteiger partial charge in [0.2, 0.25) is 0 Å². The molecule has 204 valence electrons. The van der Waals surface area contributed by atoms with Crippen LogP contribution < -0.4 is 15.5 Å². The largest absolute Gasteiger partial charge is 0.477 e. The summed E-state index contributed by atoms with van der Waals surface area (Å²) in [7, 11) is 0. The van der Waals surface area contributed by atoms with Crippen LogP contribution in [0.4, 0.5) is 21.9 Å². The Bertz CT molecular complexity index is 1500. The molecule has 1 heterocycles. The Morgan fingerprint density at radius 2 is 1.56 bits per heavy atom. The topological polar surface area (TPSA) is 86.6 Å². The number of carbonyl (C=O) groups is 2. The molecule has 4 aromatic rings. The van der Waals surface area contributed by atoms with Crippen molar-refractivity contribution in [2.24, 2.45) is 11.8 Å². The second-order valence-corrected chi connectivity index (χ2v) is 11.1. The van der Waals surface area contributed by atoms with Crippen molar-refractivity contribution in [2.75, 3.05) is 28.6 Å². The number of hydrogen-bond donors (Lipinski definition) is 3. The molecule has 0 aliphatic heterocycles. The molecule has 0 aliphatic carbocycles. The molecule has 7 nitrogen and oxygen atoms in total. The summed E-state index contributed by atoms with van der Waals surface area (Å²) >= 11 is 12.1. The number of hydrogen-bond acceptors (Lipinski definition) is 3. The van der Waals surface area contributed by atoms with E-state index in [0.717, 1.165) is 29.7 Å². The van der Waals surface area contributed by atoms with Crippen molar-refractivity contribution in [3.63, 3.8) is 0 Å². The maximum atomic E-state index is 13.2. The summed E-state index contributed by atoms with van der Waals surface area (Å²) in [5, 5.41) is 17.3. The van der Waals surface area contributed by atoms with E-state index in [1.54, 1.807) is 28.8 Å². The van der Waals surface area contributed by atoms with Gasteiger partial charge in [0, 0.05) is 29.9 Å². The SMILES string of the molecule is CC(C)CN(CC(C)C)c1ccc(-n2c(C(=O)O)cc3ccccc32)cc1NC(=O)Nc1ccc(Cl)c(Cl)c1. The Balaban J connectivity index is 1.80. The lowest BCUT2D eigenvalue weighted by molar-refractivity contribution is 0.0688. The summed E-state index contributed by atoms with van der Waals surface area (Å²) in [6.07, 6.45) is 0. The summed E-state index contributed by atoms with van der Waals surface area (Å²) < 4.78 is 1.69. The number of carboxylic acids is 1. The lowest BCUT2D eigenvalue weighted by Gasteiger charge is -2.31. The molecule has 3 N–H and O–H groups in total. The first-order chi connectivity index (χ1) is 18.5. The maximum Gasteiger partial charge on any atom is 0.352 e. The Kier molecular flexibility index (Phi) is 8.73. The second kappa shape index (κ2) is 12.0. The van der Waals surface area contributed by atoms with E-state index < -0.39 is 12.0 Å². The first-order valence-corrected chi connectivity index (χ1v) is 13.5. The fourth-order valence-electron chi connectivity index (χ4n) is 4.64. The van der Waals surface area contributed by atoms with Gasteiger partial charge >= 0.3 is 12.0 Å². The van der Waals surface area contributed by atoms with Crippen LogP contribution in [0.15, 0.2) is 66.7 Å². The zero-order chi connectivity index (χ0) is 28.3. The van der Waals surface area contributed by atoms with Gasteiger partial charge in [-0.05, 0) is 60.4 Å². The molecule has 0 aliphatic rings. The van der Waals surface area contributed by atoms with Crippen LogP contribution in [-0.4, -0.2) is 34.8 Å². The van der Waals surface area contributed by atoms with Crippen LogP contribution in [0.3, 0.4) is 0 Å². The molecule has 0 saturated carbocycles. The molecular weight excluding hydrogens is 535 g/mol. The molecule has 3 aromatic carbocycles. The van der Waals surface area contributed by atoms with Crippen molar-refractivity contribution in [1.29, 1.82) is 0 Å². The summed E-state index contributed by atoms with van der Waals surface area (Å²) in [5.74, 6) is -0.273. The highest BCUT2D eigenvalue weighted by Crippen LogP contribution is 2.33. The van der Waals surface area contributed by atoms with Gasteiger partial charge in [0.15, 0.2) is 0 Å². The number of rotatable bonds is 9. The number of anilines is 3. The summed E-state index contributed by atoms with van der Waals surface area (Å²) in [4.78, 5) is 27.6. The lowest BCUT2D eigenvalue weighted by atomic mass is 10.1. The van der Waals surface area contributed by atoms with Crippen molar-refractivity contribution in [3.8, 4) is 5.69 Å². The van der Waals surface area contributed by atoms with Gasteiger partial charge in [0.05, 0.1) is 26.9 Å². The number of aromatic nitrogens is 1. The van der Waals surface area contributed by atoms with E-state index in [-0.39, 0.29) is 5.69 Å². The Labute approximate surface area is 238 Å². The third-order valence-corrected chi connectivity index (χ3v) is 6.84. The molecular formula is C30H32Cl2N4O3. The summed E-state index contributed by atoms with van der Waals surface area (Å²) in [6, 6.07) is 19.2. The zero-order valence-electron chi connectivity index (χ0n) is 22.3. The number of carboxylic acid groups (broad SMARTS) is 1. The van der Waals surface area contributed by atoms with Gasteiger partial charge in [-0.3, -0.25) is 0 Å². The molecule has 39 heavy (non-hydrogen) atoms. The minimum absolute atomic E-state index is 0.136. The summed E-state index contributed by atoms with van der Waals surface area (Å²) in [5.41, 5.74) is 3.41. The quantitative estimate of drug-likeness (QED) is 0.190. The van der Waals surface area contributed by atoms with E-state index in [2.05, 4.69) is 43.2 Å². The van der Waals surface area contributed by atoms with Crippen LogP contribution in [0.1, 0.15) is 38.2 Å². The predicted molar refractivity (Wildman–Crippen MR) is 161 cm³/mol. The monoisotopic (exact) mass is 566 g/mol. The molecule has 9 heteroatoms. The molecule has 2 amide bonds. The van der Waals surface area contributed by atoms with Crippen LogP contribution in [0, 0.1) is 11.8 Å². The smallest absolute Gasteiger partial charge is 0.352 e. The lowest BCUT2D eigenvalue weighted by Crippen LogP contribution is -2.32. The average Bonchev–Trinajstić information content (AvgIpc) is 3.25. The van der Waals surface area contributed by atoms with Gasteiger partial charge < -0.3 is 25.2 Å². The van der Waals surface area contributed by atoms with Crippen molar-refractivity contribution in [2.45, 2.75) is 27.7 Å². The van der Waals surface area contributed by atoms with Crippen molar-refractivity contribution >= 4 is 63.2 Å². The first kappa shape index (κ1) is 28.3. The van der Waals surface area contributed by atoms with E-state index in [1.165, 1.54) is 0 Å². The Morgan fingerprint density at radius 3 is 2.21 bits per heavy atom. The van der Waals surface area contributed by atoms with E-state index in [9.17, 15) is 14.7 Å². The number of nitrogens with zero attached hydrogens (tertiary/aromatic N) is 2. The molecule has 0 fully saturated rings. The molecule has 1 aromatic heterocycles. The predicted octanol–water partition coefficient (Wildman–Crippen LogP) is 8.40. The first-order valence-electron chi connectivity index (χ1n) is 12.8. The number of carbonyl (C=O) groups excluding carboxylic acids is 1. The molecule has 0 unspecified atom stereocenters. The normalized spacial score (nSPS) is 11.3. The number of para-hydroxylation sites is 1. The third-order valence-electron chi connectivity index (χ3n) is 6.11. The Morgan fingerprint density at radius 1 is 0.872 bits per heavy atom. The average molecular weight is 568 g/mol. The van der Waals surface area contributed by atoms with Crippen molar-refractivity contribution in [1.82, 2.24) is 4.57 Å². The molecule has 0 atom stereocenters. The molecule has 0 spiro atoms. The number of aromatic carboxylic acids is 1. The zero-order valence-corrected chi connectivity index (χ0v) is 23.8. The van der Waals surface area contributed by atoms with Crippen LogP contribution in [-0.2, 0) is 0 Å². The van der Waals surface area contributed by atoms with Crippen molar-refractivity contribution in [3.05, 3.63) is 82.5 Å². The third kappa shape index (κ3) is 6.67. The highest BCUT2D eigenvalue weighted by molar-refractivity contribution is 6.42. The van der Waals surface area contributed by atoms with Crippen molar-refractivity contribution < 1.29 is 14.7 Å². The minimum atomic E-state index is -1.04. The van der Waals surface area contributed by atoms with Gasteiger partial charge in [-0.15, -0.1) is 0 Å². The van der Waals surface area contributed by atoms with Crippen LogP contribution >= 0.6 is 23.2 Å². The van der Waals surface area contributed by atoms with Gasteiger partial charge in [0.25, 0.3) is 0 Å². The highest BCUT2D eigenvalue weighted by Gasteiger charge is 2.20. The standard InChI is InChI=1S/C30H32Cl2N4O3/c1-18(2)16-35(17-19(3)4)27-12-10-22(36-26-8-6-5-7-20(26)13-28(36)29(37)38)15-25(27)34-30(39)33-21-9-11-23(31)24(32)14-21/h5-15,18-19H,16-17H2,1-4H3,(H,37,38)(H2,33,34,39). The van der Waals surface area contributed by atoms with E-state index in [1.807, 2.05) is 42.5 Å². The number of amides is 2. The minimum Gasteiger partial charge on any atom is -0.477 e. The van der Waals surface area contributed by atoms with Crippen LogP contribution in [0.5, 0.6) is 0 Å². The number of halogens is 2. The van der Waals surface area contributed by atoms with Crippen LogP contribution in [0.25, 0.3) is 16.6 Å². The summed E-state index contributed by atoms with van der Waals surface area (Å²) in [6.45, 7) is 10.2. The molecule has 0 bridgehead atoms. The van der Waals surface area contributed by atoms with Crippen LogP contribution in [0.2, 0.25) is 10.0 Å². The molecule has 0 radical (unpaired) electrons. The fraction of sp³-hybridized carbons (Fsp3) is 0.267. The van der Waals surface area contributed by atoms with Gasteiger partial charge in [-0.2, -0.15) is 0 Å². The van der Waals surface area contributed by atoms with E-state index in [4.69, 9.17) is 23.2 Å². The van der Waals surface area contributed by atoms with Gasteiger partial charge in [-0.25, -0.2) is 9.59 Å². The maximum absolute atomic E-state index is 13.2. The number of urea groups is 1. The van der Waals surface area contributed by atoms with Gasteiger partial charge in [-0.1, -0.05) is 69.1 Å². The second-order valence-electron chi connectivity index (χ2n) is 10.3. The Hall–Kier alpha value is -3.68. The number of benzene rings is 3. The highest BCUT2D eigenvalue weighted by atomic mass is 35.5. The number of fused-ring (bicyclic) bond motifs is 1. The van der Waals surface area contributed by atoms with Gasteiger partial charge in [0.1, 0.15) is 5.69 Å². The molecule has 4 rings (SSSR count). The van der Waals surface area contributed by atoms with E-state index in [0.29, 0.717) is 38.9 Å². The number of nitrogens with one attached hydrogen (secondary N) is 2. The van der Waals surface area contributed by atoms with E-state index >= 15 is 0 Å².